The molecule has 0 amide bonds. The highest BCUT2D eigenvalue weighted by Gasteiger charge is 2.29. The summed E-state index contributed by atoms with van der Waals surface area (Å²) in [5.41, 5.74) is 3.45. The Bertz CT molecular complexity index is 1410. The van der Waals surface area contributed by atoms with E-state index in [0.717, 1.165) is 23.3 Å². The summed E-state index contributed by atoms with van der Waals surface area (Å²) >= 11 is 0. The molecule has 0 atom stereocenters. The van der Waals surface area contributed by atoms with Gasteiger partial charge in [0.25, 0.3) is 5.56 Å². The third kappa shape index (κ3) is 5.43. The summed E-state index contributed by atoms with van der Waals surface area (Å²) in [6.45, 7) is 2.14. The summed E-state index contributed by atoms with van der Waals surface area (Å²) in [4.78, 5) is 15.9. The maximum atomic E-state index is 12.7. The Labute approximate surface area is 204 Å². The number of aliphatic hydroxyl groups excluding tert-OH is 1. The van der Waals surface area contributed by atoms with Gasteiger partial charge in [0.15, 0.2) is 0 Å². The van der Waals surface area contributed by atoms with Gasteiger partial charge in [0.05, 0.1) is 38.3 Å². The molecule has 0 aliphatic carbocycles. The monoisotopic (exact) mass is 502 g/mol. The second kappa shape index (κ2) is 10.5. The van der Waals surface area contributed by atoms with Crippen molar-refractivity contribution in [2.45, 2.75) is 32.9 Å². The molecule has 0 saturated heterocycles. The number of methoxy groups -OCH3 is 1. The maximum Gasteiger partial charge on any atom is 0.416 e. The van der Waals surface area contributed by atoms with Crippen molar-refractivity contribution in [2.24, 2.45) is 0 Å². The highest BCUT2D eigenvalue weighted by atomic mass is 19.4. The lowest BCUT2D eigenvalue weighted by atomic mass is 10.0. The van der Waals surface area contributed by atoms with Gasteiger partial charge < -0.3 is 19.6 Å². The van der Waals surface area contributed by atoms with E-state index in [1.165, 1.54) is 29.8 Å². The molecule has 0 aliphatic rings. The molecule has 0 spiro atoms. The molecule has 0 fully saturated rings. The highest BCUT2D eigenvalue weighted by molar-refractivity contribution is 5.80. The summed E-state index contributed by atoms with van der Waals surface area (Å²) in [5, 5.41) is 17.1. The van der Waals surface area contributed by atoms with Gasteiger partial charge in [0.2, 0.25) is 0 Å². The van der Waals surface area contributed by atoms with Crippen molar-refractivity contribution in [1.82, 2.24) is 19.9 Å². The van der Waals surface area contributed by atoms with E-state index in [0.29, 0.717) is 33.9 Å². The van der Waals surface area contributed by atoms with Crippen LogP contribution in [-0.4, -0.2) is 33.5 Å². The predicted octanol–water partition coefficient (Wildman–Crippen LogP) is 3.78. The van der Waals surface area contributed by atoms with Crippen LogP contribution in [0, 0.1) is 6.92 Å². The number of hydrogen-bond acceptors (Lipinski definition) is 6. The molecular weight excluding hydrogens is 477 g/mol. The summed E-state index contributed by atoms with van der Waals surface area (Å²) in [5.74, 6) is 0.560. The van der Waals surface area contributed by atoms with E-state index in [4.69, 9.17) is 9.47 Å². The summed E-state index contributed by atoms with van der Waals surface area (Å²) in [6.07, 6.45) is -4.37. The molecule has 11 heteroatoms. The number of nitrogens with zero attached hydrogens (tertiary/aromatic N) is 2. The van der Waals surface area contributed by atoms with Crippen LogP contribution in [0.25, 0.3) is 16.8 Å². The zero-order valence-electron chi connectivity index (χ0n) is 19.6. The van der Waals surface area contributed by atoms with E-state index in [1.807, 2.05) is 6.07 Å². The number of halogens is 3. The van der Waals surface area contributed by atoms with Crippen LogP contribution in [0.5, 0.6) is 5.75 Å². The normalized spacial score (nSPS) is 11.8. The van der Waals surface area contributed by atoms with Crippen LogP contribution in [-0.2, 0) is 30.7 Å². The van der Waals surface area contributed by atoms with Crippen molar-refractivity contribution in [3.05, 3.63) is 87.0 Å². The zero-order valence-corrected chi connectivity index (χ0v) is 19.6. The van der Waals surface area contributed by atoms with Gasteiger partial charge in [0, 0.05) is 29.4 Å². The molecular formula is C25H25F3N4O4. The van der Waals surface area contributed by atoms with E-state index in [1.54, 1.807) is 19.1 Å². The summed E-state index contributed by atoms with van der Waals surface area (Å²) < 4.78 is 50.0. The van der Waals surface area contributed by atoms with Gasteiger partial charge in [-0.3, -0.25) is 10.1 Å². The average molecular weight is 502 g/mol. The Balaban J connectivity index is 1.45. The molecule has 0 saturated carbocycles. The molecule has 8 nitrogen and oxygen atoms in total. The number of aromatic amines is 1. The van der Waals surface area contributed by atoms with Crippen LogP contribution in [0.15, 0.2) is 53.3 Å². The second-order valence-electron chi connectivity index (χ2n) is 8.15. The van der Waals surface area contributed by atoms with E-state index in [-0.39, 0.29) is 32.0 Å². The molecule has 0 aliphatic heterocycles. The first kappa shape index (κ1) is 25.4. The lowest BCUT2D eigenvalue weighted by Gasteiger charge is -2.10. The fourth-order valence-corrected chi connectivity index (χ4v) is 3.92. The van der Waals surface area contributed by atoms with Crippen LogP contribution in [0.1, 0.15) is 28.1 Å². The van der Waals surface area contributed by atoms with Crippen molar-refractivity contribution in [1.29, 1.82) is 0 Å². The molecule has 190 valence electrons. The Morgan fingerprint density at radius 1 is 1.14 bits per heavy atom. The first-order valence-electron chi connectivity index (χ1n) is 11.1. The molecule has 0 unspecified atom stereocenters. The Hall–Kier alpha value is -3.67. The smallest absolute Gasteiger partial charge is 0.416 e. The van der Waals surface area contributed by atoms with Gasteiger partial charge in [-0.25, -0.2) is 0 Å². The number of fused-ring (bicyclic) bond motifs is 1. The van der Waals surface area contributed by atoms with Gasteiger partial charge in [-0.05, 0) is 42.3 Å². The molecule has 0 radical (unpaired) electrons. The minimum atomic E-state index is -4.37. The van der Waals surface area contributed by atoms with Gasteiger partial charge in [-0.1, -0.05) is 18.2 Å². The van der Waals surface area contributed by atoms with Crippen molar-refractivity contribution in [3.8, 4) is 16.9 Å². The summed E-state index contributed by atoms with van der Waals surface area (Å²) in [7, 11) is 1.53. The lowest BCUT2D eigenvalue weighted by molar-refractivity contribution is -0.137. The number of rotatable bonds is 9. The van der Waals surface area contributed by atoms with Crippen LogP contribution in [0.4, 0.5) is 13.2 Å². The summed E-state index contributed by atoms with van der Waals surface area (Å²) in [6, 6.07) is 11.6. The number of aromatic nitrogens is 3. The van der Waals surface area contributed by atoms with Crippen molar-refractivity contribution in [3.63, 3.8) is 0 Å². The highest BCUT2D eigenvalue weighted by Crippen LogP contribution is 2.31. The van der Waals surface area contributed by atoms with Gasteiger partial charge in [-0.2, -0.15) is 22.8 Å². The quantitative estimate of drug-likeness (QED) is 0.238. The first-order valence-corrected chi connectivity index (χ1v) is 11.1. The average Bonchev–Trinajstić information content (AvgIpc) is 3.19. The third-order valence-electron chi connectivity index (χ3n) is 5.65. The topological polar surface area (TPSA) is 101 Å². The SMILES string of the molecule is COc1ccc(-c2c(C)nn3c(=O)cc(CNCOCc4ccc(C(F)(F)F)cc4)[nH]c23)cc1CO. The number of benzene rings is 2. The molecule has 0 bridgehead atoms. The van der Waals surface area contributed by atoms with Crippen molar-refractivity contribution in [2.75, 3.05) is 13.8 Å². The van der Waals surface area contributed by atoms with E-state index in [9.17, 15) is 23.1 Å². The van der Waals surface area contributed by atoms with Crippen LogP contribution >= 0.6 is 0 Å². The molecule has 4 aromatic rings. The zero-order chi connectivity index (χ0) is 25.9. The van der Waals surface area contributed by atoms with Gasteiger partial charge in [-0.15, -0.1) is 0 Å². The molecule has 36 heavy (non-hydrogen) atoms. The number of aryl methyl sites for hydroxylation is 1. The minimum Gasteiger partial charge on any atom is -0.496 e. The number of H-pyrrole nitrogens is 1. The number of nitrogens with one attached hydrogen (secondary N) is 2. The van der Waals surface area contributed by atoms with Gasteiger partial charge >= 0.3 is 6.18 Å². The van der Waals surface area contributed by atoms with E-state index < -0.39 is 11.7 Å². The molecule has 2 heterocycles. The number of aliphatic hydroxyl groups is 1. The standard InChI is InChI=1S/C25H25F3N4O4/c1-15-23(17-5-8-21(35-2)18(9-17)12-33)24-30-20(10-22(34)32(24)31-15)11-29-14-36-13-16-3-6-19(7-4-16)25(26,27)28/h3-10,29-30,33H,11-14H2,1-2H3. The molecule has 3 N–H and O–H groups in total. The van der Waals surface area contributed by atoms with Crippen molar-refractivity contribution < 1.29 is 27.8 Å². The van der Waals surface area contributed by atoms with E-state index in [2.05, 4.69) is 15.4 Å². The maximum absolute atomic E-state index is 12.7. The Kier molecular flexibility index (Phi) is 7.43. The number of ether oxygens (including phenoxy) is 2. The Morgan fingerprint density at radius 3 is 2.56 bits per heavy atom. The fourth-order valence-electron chi connectivity index (χ4n) is 3.92. The van der Waals surface area contributed by atoms with Crippen LogP contribution in [0.2, 0.25) is 0 Å². The number of alkyl halides is 3. The molecule has 4 rings (SSSR count). The fraction of sp³-hybridized carbons (Fsp3) is 0.280. The largest absolute Gasteiger partial charge is 0.496 e. The third-order valence-corrected chi connectivity index (χ3v) is 5.65. The lowest BCUT2D eigenvalue weighted by Crippen LogP contribution is -2.22. The van der Waals surface area contributed by atoms with Gasteiger partial charge in [0.1, 0.15) is 11.4 Å². The number of hydrogen-bond donors (Lipinski definition) is 3. The first-order chi connectivity index (χ1) is 17.2. The Morgan fingerprint density at radius 2 is 1.89 bits per heavy atom. The van der Waals surface area contributed by atoms with Crippen LogP contribution < -0.4 is 15.6 Å². The molecule has 2 aromatic heterocycles. The minimum absolute atomic E-state index is 0.123. The van der Waals surface area contributed by atoms with E-state index >= 15 is 0 Å². The van der Waals surface area contributed by atoms with Crippen LogP contribution in [0.3, 0.4) is 0 Å². The predicted molar refractivity (Wildman–Crippen MR) is 126 cm³/mol. The second-order valence-corrected chi connectivity index (χ2v) is 8.15. The molecule has 2 aromatic carbocycles. The van der Waals surface area contributed by atoms with Crippen molar-refractivity contribution >= 4 is 5.65 Å².